The third kappa shape index (κ3) is 4.14. The molecule has 5 heteroatoms. The number of hydrogen-bond acceptors (Lipinski definition) is 4. The standard InChI is InChI=1S/C14H18BrN3O/c1-3-16-9-10(2)14-17-13(18-19-14)8-11-5-4-6-12(15)7-11/h4-7,10,16H,3,8-9H2,1-2H3. The molecule has 1 aromatic heterocycles. The normalized spacial score (nSPS) is 12.6. The molecule has 0 aliphatic carbocycles. The predicted molar refractivity (Wildman–Crippen MR) is 78.2 cm³/mol. The maximum absolute atomic E-state index is 5.31. The molecule has 1 atom stereocenters. The van der Waals surface area contributed by atoms with Gasteiger partial charge in [-0.2, -0.15) is 4.98 Å². The zero-order chi connectivity index (χ0) is 13.7. The van der Waals surface area contributed by atoms with Crippen LogP contribution >= 0.6 is 15.9 Å². The van der Waals surface area contributed by atoms with Crippen molar-refractivity contribution in [2.75, 3.05) is 13.1 Å². The molecule has 0 aliphatic rings. The fourth-order valence-corrected chi connectivity index (χ4v) is 2.26. The van der Waals surface area contributed by atoms with Crippen molar-refractivity contribution in [1.82, 2.24) is 15.5 Å². The van der Waals surface area contributed by atoms with Gasteiger partial charge >= 0.3 is 0 Å². The van der Waals surface area contributed by atoms with E-state index in [0.29, 0.717) is 12.3 Å². The maximum Gasteiger partial charge on any atom is 0.230 e. The third-order valence-electron chi connectivity index (χ3n) is 2.86. The smallest absolute Gasteiger partial charge is 0.230 e. The van der Waals surface area contributed by atoms with Crippen molar-refractivity contribution in [3.8, 4) is 0 Å². The molecule has 0 amide bonds. The van der Waals surface area contributed by atoms with E-state index in [2.05, 4.69) is 57.4 Å². The fourth-order valence-electron chi connectivity index (χ4n) is 1.82. The van der Waals surface area contributed by atoms with Crippen LogP contribution in [0.3, 0.4) is 0 Å². The fraction of sp³-hybridized carbons (Fsp3) is 0.429. The molecule has 102 valence electrons. The Morgan fingerprint density at radius 1 is 1.42 bits per heavy atom. The van der Waals surface area contributed by atoms with Crippen molar-refractivity contribution in [3.05, 3.63) is 46.0 Å². The van der Waals surface area contributed by atoms with E-state index in [1.54, 1.807) is 0 Å². The second kappa shape index (κ2) is 6.82. The van der Waals surface area contributed by atoms with Crippen molar-refractivity contribution in [1.29, 1.82) is 0 Å². The van der Waals surface area contributed by atoms with Crippen molar-refractivity contribution in [2.24, 2.45) is 0 Å². The summed E-state index contributed by atoms with van der Waals surface area (Å²) in [6.45, 7) is 5.97. The van der Waals surface area contributed by atoms with Crippen molar-refractivity contribution < 1.29 is 4.52 Å². The topological polar surface area (TPSA) is 51.0 Å². The van der Waals surface area contributed by atoms with Gasteiger partial charge in [0, 0.05) is 23.4 Å². The summed E-state index contributed by atoms with van der Waals surface area (Å²) < 4.78 is 6.38. The number of likely N-dealkylation sites (N-methyl/N-ethyl adjacent to an activating group) is 1. The zero-order valence-corrected chi connectivity index (χ0v) is 12.8. The largest absolute Gasteiger partial charge is 0.339 e. The monoisotopic (exact) mass is 323 g/mol. The highest BCUT2D eigenvalue weighted by atomic mass is 79.9. The van der Waals surface area contributed by atoms with Crippen LogP contribution in [0.15, 0.2) is 33.3 Å². The van der Waals surface area contributed by atoms with E-state index in [0.717, 1.165) is 23.4 Å². The Bertz CT molecular complexity index is 527. The van der Waals surface area contributed by atoms with E-state index in [9.17, 15) is 0 Å². The van der Waals surface area contributed by atoms with Gasteiger partial charge in [0.05, 0.1) is 0 Å². The van der Waals surface area contributed by atoms with Crippen LogP contribution in [0.25, 0.3) is 0 Å². The molecule has 0 radical (unpaired) electrons. The number of aromatic nitrogens is 2. The van der Waals surface area contributed by atoms with E-state index in [4.69, 9.17) is 4.52 Å². The molecule has 4 nitrogen and oxygen atoms in total. The highest BCUT2D eigenvalue weighted by molar-refractivity contribution is 9.10. The van der Waals surface area contributed by atoms with Gasteiger partial charge in [-0.05, 0) is 24.2 Å². The Kier molecular flexibility index (Phi) is 5.10. The van der Waals surface area contributed by atoms with E-state index in [1.165, 1.54) is 5.56 Å². The van der Waals surface area contributed by atoms with Crippen molar-refractivity contribution in [2.45, 2.75) is 26.2 Å². The minimum Gasteiger partial charge on any atom is -0.339 e. The van der Waals surface area contributed by atoms with Gasteiger partial charge in [0.1, 0.15) is 0 Å². The molecule has 1 aromatic carbocycles. The molecular weight excluding hydrogens is 306 g/mol. The Morgan fingerprint density at radius 3 is 3.00 bits per heavy atom. The van der Waals surface area contributed by atoms with Gasteiger partial charge < -0.3 is 9.84 Å². The van der Waals surface area contributed by atoms with Gasteiger partial charge in [-0.1, -0.05) is 47.1 Å². The van der Waals surface area contributed by atoms with Crippen LogP contribution in [0.1, 0.15) is 37.0 Å². The molecule has 2 aromatic rings. The lowest BCUT2D eigenvalue weighted by Gasteiger charge is -2.05. The summed E-state index contributed by atoms with van der Waals surface area (Å²) in [4.78, 5) is 4.45. The molecule has 2 rings (SSSR count). The zero-order valence-electron chi connectivity index (χ0n) is 11.2. The third-order valence-corrected chi connectivity index (χ3v) is 3.35. The first kappa shape index (κ1) is 14.2. The Balaban J connectivity index is 2.01. The van der Waals surface area contributed by atoms with Gasteiger partial charge in [-0.25, -0.2) is 0 Å². The molecule has 1 heterocycles. The SMILES string of the molecule is CCNCC(C)c1nc(Cc2cccc(Br)c2)no1. The minimum absolute atomic E-state index is 0.240. The highest BCUT2D eigenvalue weighted by Gasteiger charge is 2.13. The lowest BCUT2D eigenvalue weighted by Crippen LogP contribution is -2.19. The molecule has 1 unspecified atom stereocenters. The summed E-state index contributed by atoms with van der Waals surface area (Å²) in [5, 5.41) is 7.32. The lowest BCUT2D eigenvalue weighted by molar-refractivity contribution is 0.352. The van der Waals surface area contributed by atoms with Crippen LogP contribution in [0, 0.1) is 0 Å². The average molecular weight is 324 g/mol. The van der Waals surface area contributed by atoms with Gasteiger partial charge in [-0.3, -0.25) is 0 Å². The molecule has 19 heavy (non-hydrogen) atoms. The molecule has 0 saturated heterocycles. The second-order valence-electron chi connectivity index (χ2n) is 4.56. The van der Waals surface area contributed by atoms with Crippen LogP contribution < -0.4 is 5.32 Å². The van der Waals surface area contributed by atoms with Crippen LogP contribution in [0.5, 0.6) is 0 Å². The number of benzene rings is 1. The molecular formula is C14H18BrN3O. The van der Waals surface area contributed by atoms with Crippen LogP contribution in [0.2, 0.25) is 0 Å². The molecule has 0 fully saturated rings. The predicted octanol–water partition coefficient (Wildman–Crippen LogP) is 3.14. The van der Waals surface area contributed by atoms with Gasteiger partial charge in [0.2, 0.25) is 5.89 Å². The first-order chi connectivity index (χ1) is 9.19. The molecule has 0 saturated carbocycles. The summed E-state index contributed by atoms with van der Waals surface area (Å²) in [6.07, 6.45) is 0.691. The molecule has 1 N–H and O–H groups in total. The summed E-state index contributed by atoms with van der Waals surface area (Å²) in [7, 11) is 0. The Hall–Kier alpha value is -1.20. The van der Waals surface area contributed by atoms with Gasteiger partial charge in [-0.15, -0.1) is 0 Å². The minimum atomic E-state index is 0.240. The molecule has 0 bridgehead atoms. The quantitative estimate of drug-likeness (QED) is 0.887. The molecule has 0 aliphatic heterocycles. The van der Waals surface area contributed by atoms with E-state index >= 15 is 0 Å². The summed E-state index contributed by atoms with van der Waals surface area (Å²) in [5.41, 5.74) is 1.17. The summed E-state index contributed by atoms with van der Waals surface area (Å²) in [5.74, 6) is 1.67. The number of halogens is 1. The van der Waals surface area contributed by atoms with Crippen molar-refractivity contribution >= 4 is 15.9 Å². The highest BCUT2D eigenvalue weighted by Crippen LogP contribution is 2.16. The second-order valence-corrected chi connectivity index (χ2v) is 5.48. The number of rotatable bonds is 6. The molecule has 0 spiro atoms. The first-order valence-electron chi connectivity index (χ1n) is 6.46. The number of hydrogen-bond donors (Lipinski definition) is 1. The van der Waals surface area contributed by atoms with Gasteiger partial charge in [0.25, 0.3) is 0 Å². The van der Waals surface area contributed by atoms with Crippen LogP contribution in [-0.4, -0.2) is 23.2 Å². The first-order valence-corrected chi connectivity index (χ1v) is 7.26. The number of nitrogens with one attached hydrogen (secondary N) is 1. The summed E-state index contributed by atoms with van der Waals surface area (Å²) >= 11 is 3.46. The maximum atomic E-state index is 5.31. The average Bonchev–Trinajstić information content (AvgIpc) is 2.84. The van der Waals surface area contributed by atoms with Crippen molar-refractivity contribution in [3.63, 3.8) is 0 Å². The Morgan fingerprint density at radius 2 is 2.26 bits per heavy atom. The lowest BCUT2D eigenvalue weighted by atomic mass is 10.1. The Labute approximate surface area is 121 Å². The van der Waals surface area contributed by atoms with Crippen LogP contribution in [-0.2, 0) is 6.42 Å². The number of nitrogens with zero attached hydrogens (tertiary/aromatic N) is 2. The van der Waals surface area contributed by atoms with E-state index < -0.39 is 0 Å². The van der Waals surface area contributed by atoms with Crippen LogP contribution in [0.4, 0.5) is 0 Å². The summed E-state index contributed by atoms with van der Waals surface area (Å²) in [6, 6.07) is 8.14. The van der Waals surface area contributed by atoms with Gasteiger partial charge in [0.15, 0.2) is 5.82 Å². The van der Waals surface area contributed by atoms with E-state index in [1.807, 2.05) is 12.1 Å². The van der Waals surface area contributed by atoms with E-state index in [-0.39, 0.29) is 5.92 Å².